The Morgan fingerprint density at radius 2 is 1.68 bits per heavy atom. The fourth-order valence-electron chi connectivity index (χ4n) is 7.11. The van der Waals surface area contributed by atoms with E-state index in [4.69, 9.17) is 5.10 Å². The van der Waals surface area contributed by atoms with Crippen LogP contribution in [0, 0.1) is 11.8 Å². The zero-order valence-corrected chi connectivity index (χ0v) is 24.5. The van der Waals surface area contributed by atoms with E-state index in [9.17, 15) is 9.90 Å². The second-order valence-corrected chi connectivity index (χ2v) is 12.3. The van der Waals surface area contributed by atoms with Crippen LogP contribution in [0.25, 0.3) is 0 Å². The molecule has 2 aliphatic heterocycles. The summed E-state index contributed by atoms with van der Waals surface area (Å²) in [6.07, 6.45) is 3.43. The van der Waals surface area contributed by atoms with Crippen molar-refractivity contribution in [3.63, 3.8) is 0 Å². The SMILES string of the molecule is CCn1nc(Cc2ccccc2)cc1C1CCN(C[C@H]2CN([C@H](CC(=O)O)C(C)C)C[C@@H]2c2ccccc2)CC1. The molecule has 0 radical (unpaired) electrons. The number of carboxylic acid groups (broad SMARTS) is 1. The van der Waals surface area contributed by atoms with Gasteiger partial charge in [-0.3, -0.25) is 14.4 Å². The number of hydrogen-bond acceptors (Lipinski definition) is 4. The van der Waals surface area contributed by atoms with E-state index in [1.807, 2.05) is 0 Å². The van der Waals surface area contributed by atoms with Crippen molar-refractivity contribution in [3.8, 4) is 0 Å². The first kappa shape index (κ1) is 28.6. The quantitative estimate of drug-likeness (QED) is 0.328. The van der Waals surface area contributed by atoms with E-state index in [-0.39, 0.29) is 12.5 Å². The predicted molar refractivity (Wildman–Crippen MR) is 161 cm³/mol. The van der Waals surface area contributed by atoms with Gasteiger partial charge in [-0.2, -0.15) is 5.10 Å². The maximum absolute atomic E-state index is 11.7. The molecule has 2 aliphatic rings. The molecule has 0 spiro atoms. The molecule has 0 unspecified atom stereocenters. The molecule has 214 valence electrons. The predicted octanol–water partition coefficient (Wildman–Crippen LogP) is 5.89. The van der Waals surface area contributed by atoms with Gasteiger partial charge in [-0.25, -0.2) is 0 Å². The van der Waals surface area contributed by atoms with Crippen molar-refractivity contribution in [1.82, 2.24) is 19.6 Å². The van der Waals surface area contributed by atoms with Crippen molar-refractivity contribution in [3.05, 3.63) is 89.2 Å². The number of aryl methyl sites for hydroxylation is 1. The van der Waals surface area contributed by atoms with Crippen LogP contribution < -0.4 is 0 Å². The van der Waals surface area contributed by atoms with Crippen LogP contribution in [0.15, 0.2) is 66.7 Å². The first-order valence-electron chi connectivity index (χ1n) is 15.2. The summed E-state index contributed by atoms with van der Waals surface area (Å²) in [4.78, 5) is 16.8. The van der Waals surface area contributed by atoms with Gasteiger partial charge in [-0.1, -0.05) is 74.5 Å². The molecule has 0 bridgehead atoms. The van der Waals surface area contributed by atoms with Gasteiger partial charge in [-0.15, -0.1) is 0 Å². The van der Waals surface area contributed by atoms with E-state index in [1.54, 1.807) is 0 Å². The summed E-state index contributed by atoms with van der Waals surface area (Å²) in [5.74, 6) is 1.12. The van der Waals surface area contributed by atoms with E-state index in [1.165, 1.54) is 22.5 Å². The molecule has 3 aromatic rings. The highest BCUT2D eigenvalue weighted by Gasteiger charge is 2.39. The molecule has 0 saturated carbocycles. The van der Waals surface area contributed by atoms with Gasteiger partial charge in [-0.05, 0) is 61.9 Å². The van der Waals surface area contributed by atoms with Crippen LogP contribution in [-0.2, 0) is 17.8 Å². The summed E-state index contributed by atoms with van der Waals surface area (Å²) in [5.41, 5.74) is 5.27. The number of aromatic nitrogens is 2. The van der Waals surface area contributed by atoms with Gasteiger partial charge in [0.1, 0.15) is 0 Å². The van der Waals surface area contributed by atoms with Crippen molar-refractivity contribution in [2.45, 2.75) is 70.9 Å². The van der Waals surface area contributed by atoms with Crippen molar-refractivity contribution in [1.29, 1.82) is 0 Å². The lowest BCUT2D eigenvalue weighted by Gasteiger charge is -2.35. The maximum atomic E-state index is 11.7. The molecule has 2 aromatic carbocycles. The van der Waals surface area contributed by atoms with Crippen LogP contribution in [0.2, 0.25) is 0 Å². The molecule has 1 aromatic heterocycles. The molecule has 3 atom stereocenters. The number of carboxylic acids is 1. The zero-order valence-electron chi connectivity index (χ0n) is 24.5. The molecule has 5 rings (SSSR count). The van der Waals surface area contributed by atoms with E-state index in [0.29, 0.717) is 23.7 Å². The largest absolute Gasteiger partial charge is 0.481 e. The van der Waals surface area contributed by atoms with Crippen molar-refractivity contribution < 1.29 is 9.90 Å². The molecular formula is C34H46N4O2. The number of piperidine rings is 1. The Bertz CT molecular complexity index is 1220. The third-order valence-electron chi connectivity index (χ3n) is 9.21. The van der Waals surface area contributed by atoms with E-state index in [2.05, 4.69) is 102 Å². The summed E-state index contributed by atoms with van der Waals surface area (Å²) in [6.45, 7) is 12.6. The van der Waals surface area contributed by atoms with Crippen LogP contribution in [0.5, 0.6) is 0 Å². The molecule has 6 nitrogen and oxygen atoms in total. The average Bonchev–Trinajstić information content (AvgIpc) is 3.57. The minimum atomic E-state index is -0.696. The summed E-state index contributed by atoms with van der Waals surface area (Å²) in [5, 5.41) is 14.6. The number of likely N-dealkylation sites (tertiary alicyclic amines) is 2. The Labute approximate surface area is 240 Å². The van der Waals surface area contributed by atoms with Gasteiger partial charge in [0, 0.05) is 56.2 Å². The second kappa shape index (κ2) is 13.1. The van der Waals surface area contributed by atoms with Gasteiger partial charge in [0.15, 0.2) is 0 Å². The first-order valence-corrected chi connectivity index (χ1v) is 15.2. The number of nitrogens with zero attached hydrogens (tertiary/aromatic N) is 4. The fourth-order valence-corrected chi connectivity index (χ4v) is 7.11. The molecule has 0 amide bonds. The lowest BCUT2D eigenvalue weighted by Crippen LogP contribution is -2.41. The Morgan fingerprint density at radius 3 is 2.30 bits per heavy atom. The minimum Gasteiger partial charge on any atom is -0.481 e. The Morgan fingerprint density at radius 1 is 1.00 bits per heavy atom. The Kier molecular flexibility index (Phi) is 9.38. The Hall–Kier alpha value is -2.96. The van der Waals surface area contributed by atoms with Gasteiger partial charge in [0.2, 0.25) is 0 Å². The van der Waals surface area contributed by atoms with Crippen molar-refractivity contribution in [2.24, 2.45) is 11.8 Å². The maximum Gasteiger partial charge on any atom is 0.304 e. The van der Waals surface area contributed by atoms with Crippen LogP contribution in [0.4, 0.5) is 0 Å². The molecular weight excluding hydrogens is 496 g/mol. The second-order valence-electron chi connectivity index (χ2n) is 12.3. The highest BCUT2D eigenvalue weighted by atomic mass is 16.4. The van der Waals surface area contributed by atoms with E-state index < -0.39 is 5.97 Å². The Balaban J connectivity index is 1.24. The van der Waals surface area contributed by atoms with Gasteiger partial charge in [0.25, 0.3) is 0 Å². The smallest absolute Gasteiger partial charge is 0.304 e. The molecule has 1 N–H and O–H groups in total. The number of benzene rings is 2. The minimum absolute atomic E-state index is 0.0823. The van der Waals surface area contributed by atoms with Gasteiger partial charge in [0.05, 0.1) is 12.1 Å². The summed E-state index contributed by atoms with van der Waals surface area (Å²) < 4.78 is 2.23. The van der Waals surface area contributed by atoms with Crippen LogP contribution in [0.3, 0.4) is 0 Å². The molecule has 40 heavy (non-hydrogen) atoms. The van der Waals surface area contributed by atoms with Gasteiger partial charge < -0.3 is 10.0 Å². The van der Waals surface area contributed by atoms with E-state index >= 15 is 0 Å². The summed E-state index contributed by atoms with van der Waals surface area (Å²) >= 11 is 0. The number of hydrogen-bond donors (Lipinski definition) is 1. The first-order chi connectivity index (χ1) is 19.4. The van der Waals surface area contributed by atoms with Crippen LogP contribution >= 0.6 is 0 Å². The topological polar surface area (TPSA) is 61.6 Å². The monoisotopic (exact) mass is 542 g/mol. The van der Waals surface area contributed by atoms with Crippen molar-refractivity contribution >= 4 is 5.97 Å². The van der Waals surface area contributed by atoms with E-state index in [0.717, 1.165) is 58.5 Å². The third-order valence-corrected chi connectivity index (χ3v) is 9.21. The molecule has 2 saturated heterocycles. The standard InChI is InChI=1S/C34H46N4O2/c1-4-38-33(20-30(35-38)19-26-11-7-5-8-12-26)28-15-17-36(18-16-28)22-29-23-37(32(25(2)3)21-34(39)40)24-31(29)27-13-9-6-10-14-27/h5-14,20,25,28-29,31-32H,4,15-19,21-24H2,1-3H3,(H,39,40)/t29-,31+,32+/m0/s1. The lowest BCUT2D eigenvalue weighted by atomic mass is 9.87. The van der Waals surface area contributed by atoms with Crippen LogP contribution in [0.1, 0.15) is 74.4 Å². The summed E-state index contributed by atoms with van der Waals surface area (Å²) in [7, 11) is 0. The number of rotatable bonds is 11. The number of aliphatic carboxylic acids is 1. The highest BCUT2D eigenvalue weighted by molar-refractivity contribution is 5.67. The van der Waals surface area contributed by atoms with Crippen LogP contribution in [-0.4, -0.2) is 69.4 Å². The fraction of sp³-hybridized carbons (Fsp3) is 0.529. The normalized spacial score (nSPS) is 21.7. The third kappa shape index (κ3) is 6.84. The average molecular weight is 543 g/mol. The number of carbonyl (C=O) groups is 1. The van der Waals surface area contributed by atoms with Crippen molar-refractivity contribution in [2.75, 3.05) is 32.7 Å². The highest BCUT2D eigenvalue weighted by Crippen LogP contribution is 2.37. The molecule has 3 heterocycles. The lowest BCUT2D eigenvalue weighted by molar-refractivity contribution is -0.138. The molecule has 6 heteroatoms. The zero-order chi connectivity index (χ0) is 28.1. The molecule has 2 fully saturated rings. The summed E-state index contributed by atoms with van der Waals surface area (Å²) in [6, 6.07) is 23.9. The van der Waals surface area contributed by atoms with Gasteiger partial charge >= 0.3 is 5.97 Å². The molecule has 0 aliphatic carbocycles.